The fourth-order valence-electron chi connectivity index (χ4n) is 0.789. The zero-order valence-corrected chi connectivity index (χ0v) is 9.01. The minimum absolute atomic E-state index is 0.0888. The number of thioether (sulfide) groups is 2. The largest absolute Gasteiger partial charge is 0.279 e. The van der Waals surface area contributed by atoms with E-state index in [-0.39, 0.29) is 5.12 Å². The first-order chi connectivity index (χ1) is 5.65. The lowest BCUT2D eigenvalue weighted by Crippen LogP contribution is -1.89. The number of nitrogens with zero attached hydrogens (tertiary/aromatic N) is 1. The summed E-state index contributed by atoms with van der Waals surface area (Å²) in [6.07, 6.45) is 0. The maximum Gasteiger partial charge on any atom is 0.244 e. The minimum Gasteiger partial charge on any atom is -0.279 e. The van der Waals surface area contributed by atoms with Gasteiger partial charge in [0.25, 0.3) is 0 Å². The van der Waals surface area contributed by atoms with Crippen molar-refractivity contribution in [2.45, 2.75) is 20.8 Å². The Bertz CT molecular complexity index is 264. The normalized spacial score (nSPS) is 16.8. The van der Waals surface area contributed by atoms with Crippen molar-refractivity contribution in [3.63, 3.8) is 0 Å². The lowest BCUT2D eigenvalue weighted by molar-refractivity contribution is -0.107. The summed E-state index contributed by atoms with van der Waals surface area (Å²) >= 11 is 2.86. The Balaban J connectivity index is 2.81. The van der Waals surface area contributed by atoms with Gasteiger partial charge >= 0.3 is 0 Å². The molecular weight excluding hydrogens is 190 g/mol. The molecule has 1 rings (SSSR count). The summed E-state index contributed by atoms with van der Waals surface area (Å²) in [7, 11) is 0. The van der Waals surface area contributed by atoms with Crippen LogP contribution in [0.25, 0.3) is 0 Å². The predicted molar refractivity (Wildman–Crippen MR) is 56.5 cm³/mol. The average Bonchev–Trinajstić information content (AvgIpc) is 2.32. The van der Waals surface area contributed by atoms with Crippen LogP contribution in [0, 0.1) is 0 Å². The van der Waals surface area contributed by atoms with Gasteiger partial charge < -0.3 is 0 Å². The Morgan fingerprint density at radius 2 is 2.25 bits per heavy atom. The van der Waals surface area contributed by atoms with E-state index in [1.165, 1.54) is 11.8 Å². The molecule has 2 nitrogen and oxygen atoms in total. The number of hydrogen-bond donors (Lipinski definition) is 0. The van der Waals surface area contributed by atoms with Crippen molar-refractivity contribution >= 4 is 33.0 Å². The molecule has 0 aromatic rings. The monoisotopic (exact) mass is 201 g/mol. The number of allylic oxidation sites excluding steroid dienone is 1. The van der Waals surface area contributed by atoms with Gasteiger partial charge in [-0.1, -0.05) is 18.7 Å². The van der Waals surface area contributed by atoms with Crippen LogP contribution in [0.5, 0.6) is 0 Å². The molecule has 0 aromatic heterocycles. The van der Waals surface area contributed by atoms with Crippen LogP contribution in [0.2, 0.25) is 0 Å². The summed E-state index contributed by atoms with van der Waals surface area (Å²) in [5.41, 5.74) is 1.63. The van der Waals surface area contributed by atoms with Gasteiger partial charge in [0, 0.05) is 0 Å². The molecule has 0 amide bonds. The molecule has 0 unspecified atom stereocenters. The molecule has 0 radical (unpaired) electrons. The molecule has 1 aliphatic heterocycles. The zero-order valence-electron chi connectivity index (χ0n) is 7.38. The Hall–Kier alpha value is -0.220. The molecule has 0 saturated carbocycles. The molecule has 0 N–H and O–H groups in total. The number of carbonyl (C=O) groups is 1. The van der Waals surface area contributed by atoms with Crippen LogP contribution >= 0.6 is 23.5 Å². The van der Waals surface area contributed by atoms with Crippen LogP contribution in [0.4, 0.5) is 0 Å². The van der Waals surface area contributed by atoms with E-state index < -0.39 is 0 Å². The molecule has 66 valence electrons. The summed E-state index contributed by atoms with van der Waals surface area (Å²) in [4.78, 5) is 15.5. The van der Waals surface area contributed by atoms with E-state index in [1.807, 2.05) is 13.8 Å². The zero-order chi connectivity index (χ0) is 9.14. The van der Waals surface area contributed by atoms with Gasteiger partial charge in [-0.15, -0.1) is 0 Å². The highest BCUT2D eigenvalue weighted by Gasteiger charge is 2.22. The maximum absolute atomic E-state index is 11.3. The Labute approximate surface area is 80.9 Å². The van der Waals surface area contributed by atoms with Gasteiger partial charge in [0.1, 0.15) is 10.1 Å². The molecule has 1 heterocycles. The van der Waals surface area contributed by atoms with Crippen molar-refractivity contribution in [2.75, 3.05) is 5.75 Å². The van der Waals surface area contributed by atoms with Gasteiger partial charge in [-0.2, -0.15) is 0 Å². The third-order valence-corrected chi connectivity index (χ3v) is 3.19. The summed E-state index contributed by atoms with van der Waals surface area (Å²) in [6.45, 7) is 5.88. The van der Waals surface area contributed by atoms with Gasteiger partial charge in [-0.05, 0) is 36.9 Å². The topological polar surface area (TPSA) is 29.4 Å². The van der Waals surface area contributed by atoms with Crippen molar-refractivity contribution in [1.82, 2.24) is 0 Å². The molecule has 0 aliphatic carbocycles. The maximum atomic E-state index is 11.3. The molecule has 4 heteroatoms. The number of aliphatic imine (C=N–C) groups is 1. The second-order valence-electron chi connectivity index (χ2n) is 2.55. The molecule has 0 atom stereocenters. The van der Waals surface area contributed by atoms with E-state index in [0.29, 0.717) is 5.70 Å². The van der Waals surface area contributed by atoms with Crippen LogP contribution < -0.4 is 0 Å². The summed E-state index contributed by atoms with van der Waals surface area (Å²) in [6, 6.07) is 0. The standard InChI is InChI=1S/C8H11NOS2/c1-4-11-8-9-6(5(2)3)7(10)12-8/h4H2,1-3H3. The number of hydrogen-bond acceptors (Lipinski definition) is 4. The molecule has 0 aromatic carbocycles. The molecule has 0 saturated heterocycles. The smallest absolute Gasteiger partial charge is 0.244 e. The quantitative estimate of drug-likeness (QED) is 0.611. The van der Waals surface area contributed by atoms with E-state index in [2.05, 4.69) is 11.9 Å². The third-order valence-electron chi connectivity index (χ3n) is 1.32. The number of carbonyl (C=O) groups excluding carboxylic acids is 1. The van der Waals surface area contributed by atoms with Crippen LogP contribution in [0.3, 0.4) is 0 Å². The van der Waals surface area contributed by atoms with Crippen LogP contribution in [0.1, 0.15) is 20.8 Å². The fourth-order valence-corrected chi connectivity index (χ4v) is 2.65. The lowest BCUT2D eigenvalue weighted by Gasteiger charge is -1.90. The van der Waals surface area contributed by atoms with Crippen LogP contribution in [-0.4, -0.2) is 15.2 Å². The van der Waals surface area contributed by atoms with E-state index in [1.54, 1.807) is 11.8 Å². The van der Waals surface area contributed by atoms with E-state index >= 15 is 0 Å². The first kappa shape index (κ1) is 9.86. The highest BCUT2D eigenvalue weighted by molar-refractivity contribution is 8.45. The summed E-state index contributed by atoms with van der Waals surface area (Å²) in [5.74, 6) is 0.967. The Kier molecular flexibility index (Phi) is 3.40. The van der Waals surface area contributed by atoms with Gasteiger partial charge in [-0.3, -0.25) is 4.79 Å². The molecular formula is C8H11NOS2. The highest BCUT2D eigenvalue weighted by Crippen LogP contribution is 2.30. The van der Waals surface area contributed by atoms with Gasteiger partial charge in [0.15, 0.2) is 0 Å². The molecule has 0 bridgehead atoms. The summed E-state index contributed by atoms with van der Waals surface area (Å²) < 4.78 is 0.888. The molecule has 0 fully saturated rings. The molecule has 0 spiro atoms. The van der Waals surface area contributed by atoms with Crippen molar-refractivity contribution in [1.29, 1.82) is 0 Å². The van der Waals surface area contributed by atoms with Crippen molar-refractivity contribution < 1.29 is 4.79 Å². The SMILES string of the molecule is CCSC1=NC(=C(C)C)C(=O)S1. The molecule has 12 heavy (non-hydrogen) atoms. The number of rotatable bonds is 1. The first-order valence-electron chi connectivity index (χ1n) is 3.76. The minimum atomic E-state index is 0.0888. The predicted octanol–water partition coefficient (Wildman–Crippen LogP) is 2.66. The average molecular weight is 201 g/mol. The molecule has 1 aliphatic rings. The second kappa shape index (κ2) is 4.14. The van der Waals surface area contributed by atoms with E-state index in [4.69, 9.17) is 0 Å². The van der Waals surface area contributed by atoms with Crippen LogP contribution in [0.15, 0.2) is 16.3 Å². The fraction of sp³-hybridized carbons (Fsp3) is 0.500. The lowest BCUT2D eigenvalue weighted by atomic mass is 10.3. The Morgan fingerprint density at radius 3 is 2.67 bits per heavy atom. The van der Waals surface area contributed by atoms with Crippen molar-refractivity contribution in [3.05, 3.63) is 11.3 Å². The first-order valence-corrected chi connectivity index (χ1v) is 5.56. The van der Waals surface area contributed by atoms with Gasteiger partial charge in [0.2, 0.25) is 5.12 Å². The van der Waals surface area contributed by atoms with Crippen molar-refractivity contribution in [3.8, 4) is 0 Å². The third kappa shape index (κ3) is 2.14. The van der Waals surface area contributed by atoms with E-state index in [9.17, 15) is 4.79 Å². The second-order valence-corrected chi connectivity index (χ2v) is 5.02. The Morgan fingerprint density at radius 1 is 1.58 bits per heavy atom. The summed E-state index contributed by atoms with van der Waals surface area (Å²) in [5, 5.41) is 0.0888. The van der Waals surface area contributed by atoms with E-state index in [0.717, 1.165) is 15.7 Å². The highest BCUT2D eigenvalue weighted by atomic mass is 32.2. The van der Waals surface area contributed by atoms with Crippen LogP contribution in [-0.2, 0) is 4.79 Å². The van der Waals surface area contributed by atoms with Gasteiger partial charge in [-0.25, -0.2) is 4.99 Å². The van der Waals surface area contributed by atoms with Gasteiger partial charge in [0.05, 0.1) is 0 Å². The van der Waals surface area contributed by atoms with Crippen molar-refractivity contribution in [2.24, 2.45) is 4.99 Å².